The molecule has 0 radical (unpaired) electrons. The Labute approximate surface area is 171 Å². The van der Waals surface area contributed by atoms with E-state index in [0.717, 1.165) is 25.7 Å². The number of carbonyl (C=O) groups is 1. The number of hydrogen-bond donors (Lipinski definition) is 1. The fourth-order valence-electron chi connectivity index (χ4n) is 4.30. The average molecular weight is 397 g/mol. The van der Waals surface area contributed by atoms with Crippen molar-refractivity contribution in [2.45, 2.75) is 37.2 Å². The van der Waals surface area contributed by atoms with Gasteiger partial charge in [-0.25, -0.2) is 0 Å². The van der Waals surface area contributed by atoms with E-state index in [1.165, 1.54) is 5.56 Å². The third kappa shape index (κ3) is 3.84. The molecule has 2 aromatic rings. The number of methoxy groups -OCH3 is 2. The van der Waals surface area contributed by atoms with Crippen LogP contribution in [0.15, 0.2) is 42.5 Å². The van der Waals surface area contributed by atoms with Crippen LogP contribution in [0.1, 0.15) is 31.2 Å². The molecule has 0 spiro atoms. The van der Waals surface area contributed by atoms with Crippen molar-refractivity contribution in [1.29, 1.82) is 0 Å². The lowest BCUT2D eigenvalue weighted by Crippen LogP contribution is -2.48. The quantitative estimate of drug-likeness (QED) is 0.809. The highest BCUT2D eigenvalue weighted by molar-refractivity contribution is 5.82. The molecule has 4 rings (SSSR count). The first-order valence-corrected chi connectivity index (χ1v) is 10.0. The van der Waals surface area contributed by atoms with E-state index in [9.17, 15) is 4.79 Å². The zero-order chi connectivity index (χ0) is 20.3. The summed E-state index contributed by atoms with van der Waals surface area (Å²) in [6, 6.07) is 13.5. The minimum Gasteiger partial charge on any atom is -0.493 e. The molecule has 1 atom stereocenters. The Balaban J connectivity index is 1.47. The van der Waals surface area contributed by atoms with E-state index < -0.39 is 6.10 Å². The van der Waals surface area contributed by atoms with Gasteiger partial charge in [-0.3, -0.25) is 4.79 Å². The number of ether oxygens (including phenoxy) is 4. The molecule has 1 saturated carbocycles. The third-order valence-electron chi connectivity index (χ3n) is 5.96. The Morgan fingerprint density at radius 2 is 1.79 bits per heavy atom. The Morgan fingerprint density at radius 3 is 2.52 bits per heavy atom. The Bertz CT molecular complexity index is 875. The molecule has 1 fully saturated rings. The van der Waals surface area contributed by atoms with E-state index in [2.05, 4.69) is 11.4 Å². The van der Waals surface area contributed by atoms with Crippen LogP contribution in [0.4, 0.5) is 0 Å². The smallest absolute Gasteiger partial charge is 0.264 e. The average Bonchev–Trinajstić information content (AvgIpc) is 3.26. The van der Waals surface area contributed by atoms with Gasteiger partial charge in [0.2, 0.25) is 6.10 Å². The zero-order valence-corrected chi connectivity index (χ0v) is 16.9. The van der Waals surface area contributed by atoms with E-state index in [1.54, 1.807) is 14.2 Å². The van der Waals surface area contributed by atoms with Crippen LogP contribution in [-0.4, -0.2) is 39.4 Å². The maximum Gasteiger partial charge on any atom is 0.264 e. The predicted octanol–water partition coefficient (Wildman–Crippen LogP) is 3.47. The van der Waals surface area contributed by atoms with Crippen LogP contribution in [0.25, 0.3) is 0 Å². The number of hydrogen-bond acceptors (Lipinski definition) is 5. The van der Waals surface area contributed by atoms with Crippen molar-refractivity contribution in [3.05, 3.63) is 48.0 Å². The van der Waals surface area contributed by atoms with Crippen molar-refractivity contribution in [3.8, 4) is 23.0 Å². The summed E-state index contributed by atoms with van der Waals surface area (Å²) in [5.74, 6) is 2.55. The number of amides is 1. The lowest BCUT2D eigenvalue weighted by molar-refractivity contribution is -0.130. The van der Waals surface area contributed by atoms with E-state index >= 15 is 0 Å². The van der Waals surface area contributed by atoms with Gasteiger partial charge in [-0.05, 0) is 42.7 Å². The summed E-state index contributed by atoms with van der Waals surface area (Å²) in [6.07, 6.45) is 3.68. The molecule has 1 amide bonds. The normalized spacial score (nSPS) is 19.4. The lowest BCUT2D eigenvalue weighted by atomic mass is 9.78. The maximum atomic E-state index is 12.8. The van der Waals surface area contributed by atoms with E-state index in [1.807, 2.05) is 36.4 Å². The summed E-state index contributed by atoms with van der Waals surface area (Å²) < 4.78 is 22.4. The Kier molecular flexibility index (Phi) is 5.51. The van der Waals surface area contributed by atoms with Crippen LogP contribution in [0.3, 0.4) is 0 Å². The molecule has 29 heavy (non-hydrogen) atoms. The highest BCUT2D eigenvalue weighted by atomic mass is 16.6. The van der Waals surface area contributed by atoms with Gasteiger partial charge in [0.05, 0.1) is 14.2 Å². The molecule has 1 aliphatic carbocycles. The van der Waals surface area contributed by atoms with Gasteiger partial charge in [-0.15, -0.1) is 0 Å². The largest absolute Gasteiger partial charge is 0.493 e. The van der Waals surface area contributed by atoms with Gasteiger partial charge in [0, 0.05) is 12.0 Å². The van der Waals surface area contributed by atoms with E-state index in [0.29, 0.717) is 29.5 Å². The van der Waals surface area contributed by atoms with Crippen molar-refractivity contribution in [3.63, 3.8) is 0 Å². The highest BCUT2D eigenvalue weighted by Gasteiger charge is 2.38. The zero-order valence-electron chi connectivity index (χ0n) is 16.9. The molecule has 154 valence electrons. The molecule has 6 nitrogen and oxygen atoms in total. The summed E-state index contributed by atoms with van der Waals surface area (Å²) in [7, 11) is 3.27. The minimum atomic E-state index is -0.645. The molecule has 2 aromatic carbocycles. The van der Waals surface area contributed by atoms with Gasteiger partial charge >= 0.3 is 0 Å². The predicted molar refractivity (Wildman–Crippen MR) is 109 cm³/mol. The second-order valence-electron chi connectivity index (χ2n) is 7.64. The van der Waals surface area contributed by atoms with Gasteiger partial charge < -0.3 is 24.3 Å². The SMILES string of the molecule is COc1ccc(C2(CNC(=O)C3COc4ccccc4O3)CCCC2)cc1OC. The van der Waals surface area contributed by atoms with Crippen LogP contribution in [0.5, 0.6) is 23.0 Å². The van der Waals surface area contributed by atoms with Gasteiger partial charge in [-0.2, -0.15) is 0 Å². The number of nitrogens with one attached hydrogen (secondary N) is 1. The van der Waals surface area contributed by atoms with Gasteiger partial charge in [0.25, 0.3) is 5.91 Å². The van der Waals surface area contributed by atoms with Gasteiger partial charge in [0.1, 0.15) is 6.61 Å². The summed E-state index contributed by atoms with van der Waals surface area (Å²) in [6.45, 7) is 0.773. The van der Waals surface area contributed by atoms with Crippen molar-refractivity contribution < 1.29 is 23.7 Å². The van der Waals surface area contributed by atoms with Crippen molar-refractivity contribution >= 4 is 5.91 Å². The van der Waals surface area contributed by atoms with Crippen LogP contribution in [-0.2, 0) is 10.2 Å². The molecule has 2 aliphatic rings. The first-order valence-electron chi connectivity index (χ1n) is 10.0. The number of fused-ring (bicyclic) bond motifs is 1. The van der Waals surface area contributed by atoms with Crippen molar-refractivity contribution in [2.75, 3.05) is 27.4 Å². The fraction of sp³-hybridized carbons (Fsp3) is 0.435. The number of benzene rings is 2. The monoisotopic (exact) mass is 397 g/mol. The number of carbonyl (C=O) groups excluding carboxylic acids is 1. The molecular formula is C23H27NO5. The third-order valence-corrected chi connectivity index (χ3v) is 5.96. The molecule has 1 N–H and O–H groups in total. The van der Waals surface area contributed by atoms with E-state index in [-0.39, 0.29) is 17.9 Å². The fourth-order valence-corrected chi connectivity index (χ4v) is 4.30. The molecule has 1 heterocycles. The number of para-hydroxylation sites is 2. The molecular weight excluding hydrogens is 370 g/mol. The van der Waals surface area contributed by atoms with Crippen LogP contribution >= 0.6 is 0 Å². The van der Waals surface area contributed by atoms with Crippen LogP contribution in [0, 0.1) is 0 Å². The second-order valence-corrected chi connectivity index (χ2v) is 7.64. The highest BCUT2D eigenvalue weighted by Crippen LogP contribution is 2.43. The molecule has 1 unspecified atom stereocenters. The van der Waals surface area contributed by atoms with Crippen LogP contribution in [0.2, 0.25) is 0 Å². The summed E-state index contributed by atoms with van der Waals surface area (Å²) in [5.41, 5.74) is 1.06. The van der Waals surface area contributed by atoms with Gasteiger partial charge in [0.15, 0.2) is 23.0 Å². The first-order chi connectivity index (χ1) is 14.1. The summed E-state index contributed by atoms with van der Waals surface area (Å²) >= 11 is 0. The summed E-state index contributed by atoms with van der Waals surface area (Å²) in [4.78, 5) is 12.8. The van der Waals surface area contributed by atoms with E-state index in [4.69, 9.17) is 18.9 Å². The molecule has 6 heteroatoms. The molecule has 0 bridgehead atoms. The molecule has 0 saturated heterocycles. The second kappa shape index (κ2) is 8.23. The summed E-state index contributed by atoms with van der Waals surface area (Å²) in [5, 5.41) is 3.11. The standard InChI is InChI=1S/C23H27NO5/c1-26-17-10-9-16(13-20(17)27-2)23(11-5-6-12-23)15-24-22(25)21-14-28-18-7-3-4-8-19(18)29-21/h3-4,7-10,13,21H,5-6,11-12,14-15H2,1-2H3,(H,24,25). The van der Waals surface area contributed by atoms with Crippen molar-refractivity contribution in [1.82, 2.24) is 5.32 Å². The maximum absolute atomic E-state index is 12.8. The Morgan fingerprint density at radius 1 is 1.07 bits per heavy atom. The Hall–Kier alpha value is -2.89. The number of rotatable bonds is 6. The van der Waals surface area contributed by atoms with Gasteiger partial charge in [-0.1, -0.05) is 31.0 Å². The first kappa shape index (κ1) is 19.4. The lowest BCUT2D eigenvalue weighted by Gasteiger charge is -2.32. The van der Waals surface area contributed by atoms with Crippen molar-refractivity contribution in [2.24, 2.45) is 0 Å². The molecule has 0 aromatic heterocycles. The molecule has 1 aliphatic heterocycles. The minimum absolute atomic E-state index is 0.108. The topological polar surface area (TPSA) is 66.0 Å². The van der Waals surface area contributed by atoms with Crippen LogP contribution < -0.4 is 24.3 Å².